The van der Waals surface area contributed by atoms with E-state index in [0.29, 0.717) is 11.1 Å². The fourth-order valence-corrected chi connectivity index (χ4v) is 4.70. The van der Waals surface area contributed by atoms with Crippen LogP contribution < -0.4 is 4.72 Å². The average Bonchev–Trinajstić information content (AvgIpc) is 2.74. The van der Waals surface area contributed by atoms with Gasteiger partial charge in [0, 0.05) is 15.0 Å². The number of nitrogens with zero attached hydrogens (tertiary/aromatic N) is 1. The molecule has 3 aromatic carbocycles. The molecule has 0 bridgehead atoms. The second-order valence-corrected chi connectivity index (χ2v) is 9.71. The van der Waals surface area contributed by atoms with Gasteiger partial charge in [0.05, 0.1) is 4.90 Å². The van der Waals surface area contributed by atoms with Crippen molar-refractivity contribution in [3.05, 3.63) is 117 Å². The van der Waals surface area contributed by atoms with E-state index < -0.39 is 27.0 Å². The van der Waals surface area contributed by atoms with E-state index >= 15 is 0 Å². The van der Waals surface area contributed by atoms with Gasteiger partial charge in [-0.1, -0.05) is 82.7 Å². The Morgan fingerprint density at radius 3 is 2.13 bits per heavy atom. The molecule has 3 aromatic rings. The largest absolute Gasteiger partial charge is 0.264 e. The van der Waals surface area contributed by atoms with Gasteiger partial charge >= 0.3 is 0 Å². The van der Waals surface area contributed by atoms with Crippen molar-refractivity contribution in [1.82, 2.24) is 4.72 Å². The first-order valence-electron chi connectivity index (χ1n) is 9.41. The molecule has 0 heterocycles. The Bertz CT molecular complexity index is 1180. The van der Waals surface area contributed by atoms with E-state index in [1.807, 2.05) is 6.92 Å². The normalized spacial score (nSPS) is 13.4. The minimum absolute atomic E-state index is 0.0348. The third-order valence-electron chi connectivity index (χ3n) is 4.89. The fraction of sp³-hybridized carbons (Fsp3) is 0.130. The van der Waals surface area contributed by atoms with Crippen LogP contribution in [0.1, 0.15) is 22.7 Å². The summed E-state index contributed by atoms with van der Waals surface area (Å²) in [7, 11) is -4.04. The van der Waals surface area contributed by atoms with Crippen molar-refractivity contribution in [3.8, 4) is 0 Å². The quantitative estimate of drug-likeness (QED) is 0.342. The van der Waals surface area contributed by atoms with Crippen LogP contribution in [0, 0.1) is 17.0 Å². The van der Waals surface area contributed by atoms with E-state index in [9.17, 15) is 18.5 Å². The first-order chi connectivity index (χ1) is 14.7. The molecule has 6 nitrogen and oxygen atoms in total. The first-order valence-corrected chi connectivity index (χ1v) is 11.7. The lowest BCUT2D eigenvalue weighted by molar-refractivity contribution is -0.510. The van der Waals surface area contributed by atoms with Gasteiger partial charge in [-0.3, -0.25) is 10.1 Å². The Morgan fingerprint density at radius 2 is 1.58 bits per heavy atom. The van der Waals surface area contributed by atoms with Crippen molar-refractivity contribution in [2.45, 2.75) is 23.9 Å². The number of sulfonamides is 1. The van der Waals surface area contributed by atoms with Crippen LogP contribution in [0.4, 0.5) is 0 Å². The molecule has 0 aliphatic heterocycles. The zero-order chi connectivity index (χ0) is 22.6. The van der Waals surface area contributed by atoms with E-state index in [1.165, 1.54) is 12.1 Å². The molecule has 0 fully saturated rings. The lowest BCUT2D eigenvalue weighted by Gasteiger charge is -2.24. The molecule has 8 heteroatoms. The van der Waals surface area contributed by atoms with Gasteiger partial charge in [0.1, 0.15) is 6.04 Å². The molecule has 0 aliphatic carbocycles. The number of nitro groups is 1. The minimum atomic E-state index is -4.04. The SMILES string of the molecule is C=C(c1ccccc1)[C@H]([C@H](NS(=O)(=O)c1ccc(C)cc1)c1ccc(Br)cc1)[N+](=O)[O-]. The summed E-state index contributed by atoms with van der Waals surface area (Å²) < 4.78 is 29.5. The molecule has 160 valence electrons. The second kappa shape index (κ2) is 9.55. The molecule has 0 aromatic heterocycles. The summed E-state index contributed by atoms with van der Waals surface area (Å²) >= 11 is 3.34. The summed E-state index contributed by atoms with van der Waals surface area (Å²) in [6.07, 6.45) is 0. The van der Waals surface area contributed by atoms with E-state index in [1.54, 1.807) is 66.7 Å². The Balaban J connectivity index is 2.08. The number of hydrogen-bond acceptors (Lipinski definition) is 4. The standard InChI is InChI=1S/C23H21BrN2O4S/c1-16-8-14-21(15-9-16)31(29,30)25-22(19-10-12-20(24)13-11-19)23(26(27)28)17(2)18-6-4-3-5-7-18/h3-15,22-23,25H,2H2,1H3/t22-,23-/m1/s1. The smallest absolute Gasteiger partial charge is 0.258 e. The highest BCUT2D eigenvalue weighted by molar-refractivity contribution is 9.10. The van der Waals surface area contributed by atoms with Crippen LogP contribution in [0.2, 0.25) is 0 Å². The zero-order valence-electron chi connectivity index (χ0n) is 16.7. The van der Waals surface area contributed by atoms with Gasteiger partial charge < -0.3 is 0 Å². The third kappa shape index (κ3) is 5.46. The predicted molar refractivity (Wildman–Crippen MR) is 125 cm³/mol. The number of hydrogen-bond donors (Lipinski definition) is 1. The number of aryl methyl sites for hydroxylation is 1. The number of benzene rings is 3. The molecular weight excluding hydrogens is 480 g/mol. The van der Waals surface area contributed by atoms with E-state index in [2.05, 4.69) is 27.2 Å². The minimum Gasteiger partial charge on any atom is -0.264 e. The van der Waals surface area contributed by atoms with Gasteiger partial charge in [-0.25, -0.2) is 8.42 Å². The van der Waals surface area contributed by atoms with Crippen molar-refractivity contribution in [2.75, 3.05) is 0 Å². The van der Waals surface area contributed by atoms with E-state index in [-0.39, 0.29) is 10.5 Å². The molecule has 0 radical (unpaired) electrons. The maximum Gasteiger partial charge on any atom is 0.258 e. The molecule has 2 atom stereocenters. The summed E-state index contributed by atoms with van der Waals surface area (Å²) in [5.74, 6) is 0. The van der Waals surface area contributed by atoms with Crippen LogP contribution in [0.25, 0.3) is 5.57 Å². The van der Waals surface area contributed by atoms with Gasteiger partial charge in [0.15, 0.2) is 0 Å². The van der Waals surface area contributed by atoms with Crippen LogP contribution in [-0.4, -0.2) is 19.4 Å². The molecule has 0 amide bonds. The molecule has 3 rings (SSSR count). The zero-order valence-corrected chi connectivity index (χ0v) is 19.1. The van der Waals surface area contributed by atoms with Gasteiger partial charge in [0.2, 0.25) is 10.0 Å². The Morgan fingerprint density at radius 1 is 1.00 bits per heavy atom. The first kappa shape index (κ1) is 22.9. The topological polar surface area (TPSA) is 89.3 Å². The number of nitrogens with one attached hydrogen (secondary N) is 1. The summed E-state index contributed by atoms with van der Waals surface area (Å²) in [4.78, 5) is 11.7. The third-order valence-corrected chi connectivity index (χ3v) is 6.87. The van der Waals surface area contributed by atoms with Gasteiger partial charge in [-0.05, 0) is 42.3 Å². The summed E-state index contributed by atoms with van der Waals surface area (Å²) in [5, 5.41) is 12.2. The van der Waals surface area contributed by atoms with Crippen molar-refractivity contribution in [3.63, 3.8) is 0 Å². The lowest BCUT2D eigenvalue weighted by Crippen LogP contribution is -2.40. The van der Waals surface area contributed by atoms with Gasteiger partial charge in [0.25, 0.3) is 6.04 Å². The van der Waals surface area contributed by atoms with Crippen LogP contribution in [-0.2, 0) is 10.0 Å². The molecule has 0 unspecified atom stereocenters. The van der Waals surface area contributed by atoms with Crippen molar-refractivity contribution in [2.24, 2.45) is 0 Å². The highest BCUT2D eigenvalue weighted by Gasteiger charge is 2.39. The Labute approximate surface area is 190 Å². The van der Waals surface area contributed by atoms with Crippen molar-refractivity contribution in [1.29, 1.82) is 0 Å². The summed E-state index contributed by atoms with van der Waals surface area (Å²) in [5.41, 5.74) is 2.15. The summed E-state index contributed by atoms with van der Waals surface area (Å²) in [6.45, 7) is 5.79. The van der Waals surface area contributed by atoms with Crippen LogP contribution in [0.3, 0.4) is 0 Å². The van der Waals surface area contributed by atoms with E-state index in [0.717, 1.165) is 10.0 Å². The van der Waals surface area contributed by atoms with Crippen LogP contribution in [0.5, 0.6) is 0 Å². The molecule has 31 heavy (non-hydrogen) atoms. The monoisotopic (exact) mass is 500 g/mol. The molecule has 0 spiro atoms. The van der Waals surface area contributed by atoms with Crippen LogP contribution in [0.15, 0.2) is 94.8 Å². The molecule has 0 saturated carbocycles. The fourth-order valence-electron chi connectivity index (χ4n) is 3.21. The molecule has 1 N–H and O–H groups in total. The van der Waals surface area contributed by atoms with Crippen LogP contribution >= 0.6 is 15.9 Å². The Kier molecular flexibility index (Phi) is 7.04. The van der Waals surface area contributed by atoms with Gasteiger partial charge in [-0.2, -0.15) is 4.72 Å². The maximum atomic E-state index is 13.1. The number of rotatable bonds is 8. The lowest BCUT2D eigenvalue weighted by atomic mass is 9.91. The molecule has 0 saturated heterocycles. The maximum absolute atomic E-state index is 13.1. The highest BCUT2D eigenvalue weighted by atomic mass is 79.9. The van der Waals surface area contributed by atoms with Crippen molar-refractivity contribution < 1.29 is 13.3 Å². The van der Waals surface area contributed by atoms with Gasteiger partial charge in [-0.15, -0.1) is 0 Å². The summed E-state index contributed by atoms with van der Waals surface area (Å²) in [6, 6.07) is 19.2. The predicted octanol–water partition coefficient (Wildman–Crippen LogP) is 5.14. The molecular formula is C23H21BrN2O4S. The number of halogens is 1. The van der Waals surface area contributed by atoms with E-state index in [4.69, 9.17) is 0 Å². The second-order valence-electron chi connectivity index (χ2n) is 7.09. The average molecular weight is 501 g/mol. The Hall–Kier alpha value is -2.81. The highest BCUT2D eigenvalue weighted by Crippen LogP contribution is 2.31. The molecule has 0 aliphatic rings. The van der Waals surface area contributed by atoms with Crippen molar-refractivity contribution >= 4 is 31.5 Å².